The van der Waals surface area contributed by atoms with Gasteiger partial charge in [0.05, 0.1) is 13.7 Å². The van der Waals surface area contributed by atoms with Gasteiger partial charge in [-0.25, -0.2) is 9.18 Å². The van der Waals surface area contributed by atoms with Gasteiger partial charge < -0.3 is 20.1 Å². The first-order valence-corrected chi connectivity index (χ1v) is 9.37. The number of anilines is 1. The topological polar surface area (TPSA) is 68.0 Å². The number of amides is 1. The van der Waals surface area contributed by atoms with Crippen molar-refractivity contribution in [2.45, 2.75) is 12.5 Å². The molecule has 7 heteroatoms. The first-order chi connectivity index (χ1) is 13.6. The van der Waals surface area contributed by atoms with Gasteiger partial charge in [0.15, 0.2) is 0 Å². The molecular formula is C21H26FN3O3. The number of hydrogen-bond donors (Lipinski definition) is 1. The summed E-state index contributed by atoms with van der Waals surface area (Å²) in [6.45, 7) is 3.56. The summed E-state index contributed by atoms with van der Waals surface area (Å²) in [5.74, 6) is 0.568. The molecule has 1 heterocycles. The van der Waals surface area contributed by atoms with Crippen molar-refractivity contribution in [2.75, 3.05) is 44.8 Å². The van der Waals surface area contributed by atoms with Gasteiger partial charge in [0.25, 0.3) is 0 Å². The number of methoxy groups -OCH3 is 1. The van der Waals surface area contributed by atoms with Crippen LogP contribution in [0.25, 0.3) is 0 Å². The number of nitrogens with zero attached hydrogens (tertiary/aromatic N) is 2. The Kier molecular flexibility index (Phi) is 6.71. The van der Waals surface area contributed by atoms with Gasteiger partial charge in [0, 0.05) is 44.3 Å². The van der Waals surface area contributed by atoms with Crippen molar-refractivity contribution in [3.8, 4) is 5.75 Å². The number of rotatable bonds is 7. The third kappa shape index (κ3) is 5.13. The van der Waals surface area contributed by atoms with Crippen LogP contribution >= 0.6 is 0 Å². The van der Waals surface area contributed by atoms with E-state index in [1.165, 1.54) is 6.07 Å². The molecule has 0 aliphatic carbocycles. The van der Waals surface area contributed by atoms with Gasteiger partial charge in [-0.1, -0.05) is 12.1 Å². The van der Waals surface area contributed by atoms with E-state index in [2.05, 4.69) is 21.9 Å². The molecule has 0 radical (unpaired) electrons. The Morgan fingerprint density at radius 2 is 1.86 bits per heavy atom. The summed E-state index contributed by atoms with van der Waals surface area (Å²) < 4.78 is 23.9. The van der Waals surface area contributed by atoms with Crippen LogP contribution in [0.3, 0.4) is 0 Å². The van der Waals surface area contributed by atoms with E-state index in [4.69, 9.17) is 15.2 Å². The quantitative estimate of drug-likeness (QED) is 0.790. The molecule has 1 fully saturated rings. The molecule has 1 aliphatic heterocycles. The smallest absolute Gasteiger partial charge is 0.404 e. The lowest BCUT2D eigenvalue weighted by molar-refractivity contribution is 0.122. The predicted molar refractivity (Wildman–Crippen MR) is 106 cm³/mol. The van der Waals surface area contributed by atoms with Crippen molar-refractivity contribution in [2.24, 2.45) is 5.73 Å². The minimum atomic E-state index is -0.790. The molecule has 1 saturated heterocycles. The molecule has 2 aromatic rings. The Morgan fingerprint density at radius 1 is 1.14 bits per heavy atom. The number of benzene rings is 2. The maximum Gasteiger partial charge on any atom is 0.404 e. The molecule has 2 N–H and O–H groups in total. The van der Waals surface area contributed by atoms with Gasteiger partial charge in [-0.05, 0) is 42.0 Å². The maximum atomic E-state index is 13.7. The van der Waals surface area contributed by atoms with Gasteiger partial charge in [-0.2, -0.15) is 0 Å². The molecule has 1 unspecified atom stereocenters. The number of nitrogens with two attached hydrogens (primary N) is 1. The standard InChI is InChI=1S/C21H26FN3O3/c1-27-19-7-5-18(6-8-19)24-10-12-25(13-11-24)20(9-14-28-21(23)26)16-3-2-4-17(22)15-16/h2-8,15,20H,9-14H2,1H3,(H2,23,26). The molecule has 6 nitrogen and oxygen atoms in total. The normalized spacial score (nSPS) is 15.9. The van der Waals surface area contributed by atoms with Crippen molar-refractivity contribution in [1.82, 2.24) is 4.90 Å². The van der Waals surface area contributed by atoms with Gasteiger partial charge in [-0.15, -0.1) is 0 Å². The minimum Gasteiger partial charge on any atom is -0.497 e. The number of primary amides is 1. The number of ether oxygens (including phenoxy) is 2. The molecule has 0 aromatic heterocycles. The van der Waals surface area contributed by atoms with Crippen molar-refractivity contribution in [1.29, 1.82) is 0 Å². The lowest BCUT2D eigenvalue weighted by atomic mass is 10.0. The highest BCUT2D eigenvalue weighted by Crippen LogP contribution is 2.28. The molecule has 1 aliphatic rings. The third-order valence-electron chi connectivity index (χ3n) is 5.06. The monoisotopic (exact) mass is 387 g/mol. The fourth-order valence-corrected chi connectivity index (χ4v) is 3.63. The number of carbonyl (C=O) groups is 1. The average Bonchev–Trinajstić information content (AvgIpc) is 2.71. The predicted octanol–water partition coefficient (Wildman–Crippen LogP) is 3.18. The lowest BCUT2D eigenvalue weighted by Gasteiger charge is -2.40. The summed E-state index contributed by atoms with van der Waals surface area (Å²) in [7, 11) is 1.66. The molecule has 0 spiro atoms. The highest BCUT2D eigenvalue weighted by atomic mass is 19.1. The van der Waals surface area contributed by atoms with Crippen molar-refractivity contribution in [3.05, 3.63) is 59.9 Å². The van der Waals surface area contributed by atoms with Gasteiger partial charge >= 0.3 is 6.09 Å². The SMILES string of the molecule is COc1ccc(N2CCN(C(CCOC(N)=O)c3cccc(F)c3)CC2)cc1. The van der Waals surface area contributed by atoms with E-state index in [1.54, 1.807) is 19.2 Å². The second-order valence-electron chi connectivity index (χ2n) is 6.75. The van der Waals surface area contributed by atoms with Crippen LogP contribution in [0.5, 0.6) is 5.75 Å². The summed E-state index contributed by atoms with van der Waals surface area (Å²) in [5, 5.41) is 0. The number of halogens is 1. The van der Waals surface area contributed by atoms with Gasteiger partial charge in [-0.3, -0.25) is 4.90 Å². The summed E-state index contributed by atoms with van der Waals surface area (Å²) in [4.78, 5) is 15.5. The van der Waals surface area contributed by atoms with E-state index in [-0.39, 0.29) is 18.5 Å². The van der Waals surface area contributed by atoms with E-state index in [0.29, 0.717) is 6.42 Å². The number of piperazine rings is 1. The van der Waals surface area contributed by atoms with Crippen LogP contribution < -0.4 is 15.4 Å². The second-order valence-corrected chi connectivity index (χ2v) is 6.75. The molecule has 1 amide bonds. The Hall–Kier alpha value is -2.80. The molecule has 2 aromatic carbocycles. The number of hydrogen-bond acceptors (Lipinski definition) is 5. The van der Waals surface area contributed by atoms with Crippen molar-refractivity contribution >= 4 is 11.8 Å². The zero-order valence-electron chi connectivity index (χ0n) is 16.0. The molecular weight excluding hydrogens is 361 g/mol. The molecule has 28 heavy (non-hydrogen) atoms. The zero-order valence-corrected chi connectivity index (χ0v) is 16.0. The van der Waals surface area contributed by atoms with Crippen LogP contribution in [0.4, 0.5) is 14.9 Å². The van der Waals surface area contributed by atoms with Crippen LogP contribution in [0.15, 0.2) is 48.5 Å². The van der Waals surface area contributed by atoms with E-state index < -0.39 is 6.09 Å². The van der Waals surface area contributed by atoms with Crippen LogP contribution in [-0.2, 0) is 4.74 Å². The Morgan fingerprint density at radius 3 is 2.46 bits per heavy atom. The Bertz CT molecular complexity index is 777. The average molecular weight is 387 g/mol. The Labute approximate surface area is 164 Å². The minimum absolute atomic E-state index is 0.0342. The van der Waals surface area contributed by atoms with E-state index in [9.17, 15) is 9.18 Å². The summed E-state index contributed by atoms with van der Waals surface area (Å²) in [5.41, 5.74) is 7.11. The molecule has 1 atom stereocenters. The number of carbonyl (C=O) groups excluding carboxylic acids is 1. The molecule has 3 rings (SSSR count). The van der Waals surface area contributed by atoms with E-state index in [0.717, 1.165) is 43.2 Å². The fourth-order valence-electron chi connectivity index (χ4n) is 3.63. The van der Waals surface area contributed by atoms with Crippen LogP contribution in [-0.4, -0.2) is 50.9 Å². The van der Waals surface area contributed by atoms with E-state index in [1.807, 2.05) is 18.2 Å². The maximum absolute atomic E-state index is 13.7. The summed E-state index contributed by atoms with van der Waals surface area (Å²) in [6, 6.07) is 14.6. The molecule has 0 bridgehead atoms. The Balaban J connectivity index is 1.66. The highest BCUT2D eigenvalue weighted by Gasteiger charge is 2.25. The summed E-state index contributed by atoms with van der Waals surface area (Å²) in [6.07, 6.45) is -0.225. The van der Waals surface area contributed by atoms with Crippen LogP contribution in [0.1, 0.15) is 18.0 Å². The van der Waals surface area contributed by atoms with Crippen LogP contribution in [0, 0.1) is 5.82 Å². The van der Waals surface area contributed by atoms with Crippen molar-refractivity contribution < 1.29 is 18.7 Å². The first kappa shape index (κ1) is 19.9. The molecule has 150 valence electrons. The highest BCUT2D eigenvalue weighted by molar-refractivity contribution is 5.64. The van der Waals surface area contributed by atoms with E-state index >= 15 is 0 Å². The first-order valence-electron chi connectivity index (χ1n) is 9.37. The second kappa shape index (κ2) is 9.41. The third-order valence-corrected chi connectivity index (χ3v) is 5.06. The van der Waals surface area contributed by atoms with Gasteiger partial charge in [0.1, 0.15) is 11.6 Å². The summed E-state index contributed by atoms with van der Waals surface area (Å²) >= 11 is 0. The van der Waals surface area contributed by atoms with Gasteiger partial charge in [0.2, 0.25) is 0 Å². The zero-order chi connectivity index (χ0) is 19.9. The fraction of sp³-hybridized carbons (Fsp3) is 0.381. The molecule has 0 saturated carbocycles. The largest absolute Gasteiger partial charge is 0.497 e. The van der Waals surface area contributed by atoms with Crippen LogP contribution in [0.2, 0.25) is 0 Å². The van der Waals surface area contributed by atoms with Crippen molar-refractivity contribution in [3.63, 3.8) is 0 Å². The lowest BCUT2D eigenvalue weighted by Crippen LogP contribution is -2.48.